The molecule has 0 bridgehead atoms. The summed E-state index contributed by atoms with van der Waals surface area (Å²) >= 11 is 5.41. The van der Waals surface area contributed by atoms with Gasteiger partial charge >= 0.3 is 0 Å². The Morgan fingerprint density at radius 1 is 1.28 bits per heavy atom. The van der Waals surface area contributed by atoms with Gasteiger partial charge in [0.15, 0.2) is 11.6 Å². The van der Waals surface area contributed by atoms with Crippen molar-refractivity contribution in [3.8, 4) is 0 Å². The molecule has 0 saturated heterocycles. The fraction of sp³-hybridized carbons (Fsp3) is 0.417. The van der Waals surface area contributed by atoms with Gasteiger partial charge in [-0.1, -0.05) is 0 Å². The Balaban J connectivity index is 2.30. The molecule has 1 aromatic rings. The molecule has 6 heteroatoms. The molecule has 0 spiro atoms. The first-order valence-corrected chi connectivity index (χ1v) is 6.05. The molecule has 0 aromatic heterocycles. The average molecular weight is 278 g/mol. The zero-order valence-electron chi connectivity index (χ0n) is 9.72. The van der Waals surface area contributed by atoms with Crippen LogP contribution in [0.15, 0.2) is 18.2 Å². The Kier molecular flexibility index (Phi) is 6.60. The van der Waals surface area contributed by atoms with Gasteiger partial charge in [-0.3, -0.25) is 4.79 Å². The van der Waals surface area contributed by atoms with E-state index in [4.69, 9.17) is 16.3 Å². The highest BCUT2D eigenvalue weighted by atomic mass is 35.5. The van der Waals surface area contributed by atoms with Gasteiger partial charge < -0.3 is 10.1 Å². The third-order valence-electron chi connectivity index (χ3n) is 2.15. The Hall–Kier alpha value is -1.20. The normalized spacial score (nSPS) is 10.4. The van der Waals surface area contributed by atoms with Crippen LogP contribution in [0, 0.1) is 11.6 Å². The van der Waals surface area contributed by atoms with Gasteiger partial charge in [0.2, 0.25) is 0 Å². The lowest BCUT2D eigenvalue weighted by Gasteiger charge is -2.06. The fourth-order valence-corrected chi connectivity index (χ4v) is 1.38. The molecule has 100 valence electrons. The molecule has 0 heterocycles. The molecule has 1 amide bonds. The smallest absolute Gasteiger partial charge is 0.251 e. The van der Waals surface area contributed by atoms with Crippen molar-refractivity contribution in [1.29, 1.82) is 0 Å². The van der Waals surface area contributed by atoms with Crippen LogP contribution in [-0.4, -0.2) is 31.5 Å². The van der Waals surface area contributed by atoms with Crippen molar-refractivity contribution in [3.63, 3.8) is 0 Å². The van der Waals surface area contributed by atoms with Gasteiger partial charge in [0.25, 0.3) is 5.91 Å². The van der Waals surface area contributed by atoms with E-state index in [2.05, 4.69) is 5.32 Å². The van der Waals surface area contributed by atoms with Crippen LogP contribution in [0.4, 0.5) is 8.78 Å². The van der Waals surface area contributed by atoms with E-state index in [1.54, 1.807) is 0 Å². The molecule has 3 nitrogen and oxygen atoms in total. The van der Waals surface area contributed by atoms with Gasteiger partial charge in [-0.15, -0.1) is 11.6 Å². The van der Waals surface area contributed by atoms with E-state index in [0.29, 0.717) is 32.1 Å². The van der Waals surface area contributed by atoms with Crippen molar-refractivity contribution in [2.45, 2.75) is 6.42 Å². The van der Waals surface area contributed by atoms with Crippen molar-refractivity contribution in [2.75, 3.05) is 25.6 Å². The Bertz CT molecular complexity index is 402. The maximum atomic E-state index is 12.9. The van der Waals surface area contributed by atoms with E-state index in [1.165, 1.54) is 6.07 Å². The van der Waals surface area contributed by atoms with Crippen LogP contribution >= 0.6 is 11.6 Å². The van der Waals surface area contributed by atoms with Crippen LogP contribution in [0.25, 0.3) is 0 Å². The van der Waals surface area contributed by atoms with Gasteiger partial charge in [-0.2, -0.15) is 0 Å². The van der Waals surface area contributed by atoms with Crippen molar-refractivity contribution >= 4 is 17.5 Å². The topological polar surface area (TPSA) is 38.3 Å². The number of ether oxygens (including phenoxy) is 1. The summed E-state index contributed by atoms with van der Waals surface area (Å²) in [6.45, 7) is 1.36. The van der Waals surface area contributed by atoms with E-state index in [9.17, 15) is 13.6 Å². The third kappa shape index (κ3) is 4.98. The molecule has 0 saturated carbocycles. The lowest BCUT2D eigenvalue weighted by Crippen LogP contribution is -2.25. The van der Waals surface area contributed by atoms with Gasteiger partial charge in [-0.05, 0) is 24.6 Å². The van der Waals surface area contributed by atoms with Crippen molar-refractivity contribution < 1.29 is 18.3 Å². The van der Waals surface area contributed by atoms with Crippen LogP contribution in [0.2, 0.25) is 0 Å². The van der Waals surface area contributed by atoms with Gasteiger partial charge in [0, 0.05) is 24.6 Å². The minimum absolute atomic E-state index is 0.0931. The summed E-state index contributed by atoms with van der Waals surface area (Å²) < 4.78 is 30.6. The number of hydrogen-bond acceptors (Lipinski definition) is 2. The maximum Gasteiger partial charge on any atom is 0.251 e. The Labute approximate surface area is 109 Å². The maximum absolute atomic E-state index is 12.9. The van der Waals surface area contributed by atoms with Crippen LogP contribution < -0.4 is 5.32 Å². The van der Waals surface area contributed by atoms with Gasteiger partial charge in [0.05, 0.1) is 6.61 Å². The molecule has 1 N–H and O–H groups in total. The summed E-state index contributed by atoms with van der Waals surface area (Å²) in [6, 6.07) is 3.03. The minimum atomic E-state index is -1.03. The number of carbonyl (C=O) groups excluding carboxylic acids is 1. The molecule has 1 rings (SSSR count). The van der Waals surface area contributed by atoms with E-state index in [0.717, 1.165) is 12.1 Å². The second-order valence-electron chi connectivity index (χ2n) is 3.54. The standard InChI is InChI=1S/C12H14ClF2NO2/c13-4-7-18-6-1-5-16-12(17)9-2-3-10(14)11(15)8-9/h2-3,8H,1,4-7H2,(H,16,17). The molecule has 0 unspecified atom stereocenters. The van der Waals surface area contributed by atoms with Crippen LogP contribution in [0.1, 0.15) is 16.8 Å². The number of alkyl halides is 1. The highest BCUT2D eigenvalue weighted by Gasteiger charge is 2.08. The molecule has 0 radical (unpaired) electrons. The lowest BCUT2D eigenvalue weighted by atomic mass is 10.2. The predicted octanol–water partition coefficient (Wildman–Crippen LogP) is 2.34. The predicted molar refractivity (Wildman–Crippen MR) is 64.8 cm³/mol. The molecule has 18 heavy (non-hydrogen) atoms. The highest BCUT2D eigenvalue weighted by Crippen LogP contribution is 2.08. The summed E-state index contributed by atoms with van der Waals surface area (Å²) in [5.74, 6) is -2.01. The Morgan fingerprint density at radius 2 is 2.06 bits per heavy atom. The summed E-state index contributed by atoms with van der Waals surface area (Å²) in [6.07, 6.45) is 0.631. The van der Waals surface area contributed by atoms with E-state index in [-0.39, 0.29) is 5.56 Å². The molecule has 0 atom stereocenters. The van der Waals surface area contributed by atoms with Crippen LogP contribution in [0.3, 0.4) is 0 Å². The number of benzene rings is 1. The third-order valence-corrected chi connectivity index (χ3v) is 2.31. The lowest BCUT2D eigenvalue weighted by molar-refractivity contribution is 0.0944. The minimum Gasteiger partial charge on any atom is -0.380 e. The van der Waals surface area contributed by atoms with Gasteiger partial charge in [-0.25, -0.2) is 8.78 Å². The molecule has 0 aliphatic rings. The first-order chi connectivity index (χ1) is 8.65. The van der Waals surface area contributed by atoms with Crippen LogP contribution in [0.5, 0.6) is 0 Å². The number of hydrogen-bond donors (Lipinski definition) is 1. The number of amides is 1. The summed E-state index contributed by atoms with van der Waals surface area (Å²) in [5, 5.41) is 2.58. The van der Waals surface area contributed by atoms with Crippen molar-refractivity contribution in [2.24, 2.45) is 0 Å². The van der Waals surface area contributed by atoms with Crippen molar-refractivity contribution in [1.82, 2.24) is 5.32 Å². The SMILES string of the molecule is O=C(NCCCOCCCl)c1ccc(F)c(F)c1. The zero-order chi connectivity index (χ0) is 13.4. The van der Waals surface area contributed by atoms with E-state index >= 15 is 0 Å². The molecular formula is C12H14ClF2NO2. The molecule has 0 aliphatic heterocycles. The quantitative estimate of drug-likeness (QED) is 0.614. The first kappa shape index (κ1) is 14.9. The van der Waals surface area contributed by atoms with Gasteiger partial charge in [0.1, 0.15) is 0 Å². The van der Waals surface area contributed by atoms with E-state index in [1.807, 2.05) is 0 Å². The Morgan fingerprint density at radius 3 is 2.72 bits per heavy atom. The first-order valence-electron chi connectivity index (χ1n) is 5.52. The molecule has 0 aliphatic carbocycles. The monoisotopic (exact) mass is 277 g/mol. The summed E-state index contributed by atoms with van der Waals surface area (Å²) in [7, 11) is 0. The second-order valence-corrected chi connectivity index (χ2v) is 3.92. The number of carbonyl (C=O) groups is 1. The number of rotatable bonds is 7. The number of halogens is 3. The zero-order valence-corrected chi connectivity index (χ0v) is 10.5. The number of nitrogens with one attached hydrogen (secondary N) is 1. The molecular weight excluding hydrogens is 264 g/mol. The van der Waals surface area contributed by atoms with Crippen molar-refractivity contribution in [3.05, 3.63) is 35.4 Å². The highest BCUT2D eigenvalue weighted by molar-refractivity contribution is 6.17. The molecule has 1 aromatic carbocycles. The second kappa shape index (κ2) is 8.00. The van der Waals surface area contributed by atoms with E-state index < -0.39 is 17.5 Å². The fourth-order valence-electron chi connectivity index (χ4n) is 1.27. The van der Waals surface area contributed by atoms with Crippen LogP contribution in [-0.2, 0) is 4.74 Å². The molecule has 0 fully saturated rings. The summed E-state index contributed by atoms with van der Waals surface area (Å²) in [5.41, 5.74) is 0.0931. The average Bonchev–Trinajstić information content (AvgIpc) is 2.36. The largest absolute Gasteiger partial charge is 0.380 e. The summed E-state index contributed by atoms with van der Waals surface area (Å²) in [4.78, 5) is 11.5.